The van der Waals surface area contributed by atoms with Crippen molar-refractivity contribution in [3.05, 3.63) is 11.8 Å². The summed E-state index contributed by atoms with van der Waals surface area (Å²) >= 11 is 1.58. The van der Waals surface area contributed by atoms with Gasteiger partial charge >= 0.3 is 0 Å². The van der Waals surface area contributed by atoms with E-state index in [9.17, 15) is 0 Å². The number of hydrogen-bond acceptors (Lipinski definition) is 6. The van der Waals surface area contributed by atoms with E-state index in [-0.39, 0.29) is 5.95 Å². The number of aryl methyl sites for hydroxylation is 1. The lowest BCUT2D eigenvalue weighted by Crippen LogP contribution is -2.06. The molecule has 0 fully saturated rings. The predicted molar refractivity (Wildman–Crippen MR) is 54.6 cm³/mol. The molecule has 0 saturated heterocycles. The molecule has 0 aromatic carbocycles. The zero-order valence-corrected chi connectivity index (χ0v) is 8.17. The molecule has 2 rings (SSSR count). The quantitative estimate of drug-likeness (QED) is 0.718. The van der Waals surface area contributed by atoms with E-state index in [0.717, 1.165) is 16.7 Å². The largest absolute Gasteiger partial charge is 0.368 e. The third kappa shape index (κ3) is 1.57. The van der Waals surface area contributed by atoms with E-state index >= 15 is 0 Å². The van der Waals surface area contributed by atoms with Crippen LogP contribution in [-0.4, -0.2) is 21.4 Å². The van der Waals surface area contributed by atoms with Crippen molar-refractivity contribution >= 4 is 28.7 Å². The molecule has 2 heterocycles. The van der Waals surface area contributed by atoms with Gasteiger partial charge in [0, 0.05) is 11.8 Å². The number of hydrogen-bond donors (Lipinski definition) is 1. The first kappa shape index (κ1) is 8.31. The van der Waals surface area contributed by atoms with Gasteiger partial charge < -0.3 is 5.73 Å². The van der Waals surface area contributed by atoms with Crippen LogP contribution in [0.5, 0.6) is 0 Å². The Hall–Kier alpha value is -1.30. The summed E-state index contributed by atoms with van der Waals surface area (Å²) < 4.78 is 0. The average Bonchev–Trinajstić information content (AvgIpc) is 2.80. The molecule has 0 saturated carbocycles. The molecule has 2 N–H and O–H groups in total. The fourth-order valence-electron chi connectivity index (χ4n) is 1.02. The number of nitrogen functional groups attached to an aromatic ring is 1. The Morgan fingerprint density at radius 2 is 2.23 bits per heavy atom. The van der Waals surface area contributed by atoms with E-state index in [4.69, 9.17) is 5.73 Å². The first-order valence-electron chi connectivity index (χ1n) is 3.74. The Morgan fingerprint density at radius 1 is 1.46 bits per heavy atom. The molecule has 0 bridgehead atoms. The van der Waals surface area contributed by atoms with Crippen LogP contribution < -0.4 is 10.7 Å². The molecular formula is C7H9N5S. The zero-order valence-electron chi connectivity index (χ0n) is 7.35. The van der Waals surface area contributed by atoms with E-state index in [1.165, 1.54) is 0 Å². The topological polar surface area (TPSA) is 67.2 Å². The Labute approximate surface area is 80.0 Å². The molecule has 0 amide bonds. The summed E-state index contributed by atoms with van der Waals surface area (Å²) in [5.41, 5.74) is 6.36. The smallest absolute Gasteiger partial charge is 0.222 e. The summed E-state index contributed by atoms with van der Waals surface area (Å²) in [5.74, 6) is 1.03. The monoisotopic (exact) mass is 195 g/mol. The van der Waals surface area contributed by atoms with Crippen molar-refractivity contribution in [3.8, 4) is 0 Å². The fourth-order valence-corrected chi connectivity index (χ4v) is 1.45. The van der Waals surface area contributed by atoms with Crippen LogP contribution in [0.15, 0.2) is 11.2 Å². The van der Waals surface area contributed by atoms with E-state index in [2.05, 4.69) is 15.1 Å². The molecule has 1 aromatic rings. The van der Waals surface area contributed by atoms with Crippen LogP contribution in [0.2, 0.25) is 0 Å². The highest BCUT2D eigenvalue weighted by Crippen LogP contribution is 2.26. The predicted octanol–water partition coefficient (Wildman–Crippen LogP) is 0.821. The first-order chi connectivity index (χ1) is 6.20. The van der Waals surface area contributed by atoms with Gasteiger partial charge in [-0.1, -0.05) is 11.8 Å². The van der Waals surface area contributed by atoms with Gasteiger partial charge in [0.1, 0.15) is 0 Å². The molecule has 0 unspecified atom stereocenters. The maximum atomic E-state index is 5.51. The number of nitrogens with zero attached hydrogens (tertiary/aromatic N) is 4. The first-order valence-corrected chi connectivity index (χ1v) is 4.97. The van der Waals surface area contributed by atoms with Crippen molar-refractivity contribution in [1.82, 2.24) is 9.97 Å². The minimum absolute atomic E-state index is 0.289. The minimum atomic E-state index is 0.289. The molecule has 1 aliphatic heterocycles. The molecule has 13 heavy (non-hydrogen) atoms. The van der Waals surface area contributed by atoms with E-state index < -0.39 is 0 Å². The van der Waals surface area contributed by atoms with Crippen molar-refractivity contribution in [2.24, 2.45) is 5.10 Å². The van der Waals surface area contributed by atoms with E-state index in [1.54, 1.807) is 16.8 Å². The van der Waals surface area contributed by atoms with Gasteiger partial charge in [0.25, 0.3) is 0 Å². The van der Waals surface area contributed by atoms with Crippen LogP contribution in [0.3, 0.4) is 0 Å². The summed E-state index contributed by atoms with van der Waals surface area (Å²) in [6, 6.07) is 1.85. The Bertz CT molecular complexity index is 355. The molecule has 0 aliphatic carbocycles. The summed E-state index contributed by atoms with van der Waals surface area (Å²) in [5, 5.41) is 6.79. The molecule has 6 heteroatoms. The van der Waals surface area contributed by atoms with Crippen molar-refractivity contribution in [1.29, 1.82) is 0 Å². The van der Waals surface area contributed by atoms with Gasteiger partial charge in [0.05, 0.1) is 0 Å². The Balaban J connectivity index is 2.23. The molecule has 1 aliphatic rings. The highest BCUT2D eigenvalue weighted by molar-refractivity contribution is 8.14. The lowest BCUT2D eigenvalue weighted by atomic mass is 10.4. The van der Waals surface area contributed by atoms with Gasteiger partial charge in [0.2, 0.25) is 11.1 Å². The summed E-state index contributed by atoms with van der Waals surface area (Å²) in [4.78, 5) is 8.04. The summed E-state index contributed by atoms with van der Waals surface area (Å²) in [6.07, 6.45) is 1.97. The van der Waals surface area contributed by atoms with Crippen molar-refractivity contribution in [3.63, 3.8) is 0 Å². The highest BCUT2D eigenvalue weighted by Gasteiger charge is 2.26. The van der Waals surface area contributed by atoms with Gasteiger partial charge in [-0.2, -0.15) is 9.99 Å². The fraction of sp³-hybridized carbons (Fsp3) is 0.286. The van der Waals surface area contributed by atoms with Gasteiger partial charge in [-0.3, -0.25) is 0 Å². The second-order valence-electron chi connectivity index (χ2n) is 2.62. The number of rotatable bonds is 1. The third-order valence-electron chi connectivity index (χ3n) is 1.58. The number of hydrazone groups is 1. The molecule has 0 spiro atoms. The van der Waals surface area contributed by atoms with E-state index in [1.807, 2.05) is 19.2 Å². The van der Waals surface area contributed by atoms with Crippen LogP contribution in [0, 0.1) is 6.92 Å². The summed E-state index contributed by atoms with van der Waals surface area (Å²) in [6.45, 7) is 1.88. The Kier molecular flexibility index (Phi) is 1.84. The SMILES string of the molecule is CSC1=NN1c1cc(C)nc(N)n1. The third-order valence-corrected chi connectivity index (χ3v) is 2.20. The van der Waals surface area contributed by atoms with Crippen LogP contribution in [0.1, 0.15) is 5.69 Å². The van der Waals surface area contributed by atoms with Crippen LogP contribution in [0.25, 0.3) is 0 Å². The average molecular weight is 195 g/mol. The van der Waals surface area contributed by atoms with Gasteiger partial charge in [-0.05, 0) is 13.2 Å². The molecule has 68 valence electrons. The molecule has 0 atom stereocenters. The van der Waals surface area contributed by atoms with Crippen LogP contribution in [-0.2, 0) is 0 Å². The normalized spacial score (nSPS) is 14.3. The molecule has 0 radical (unpaired) electrons. The van der Waals surface area contributed by atoms with Gasteiger partial charge in [-0.15, -0.1) is 5.10 Å². The summed E-state index contributed by atoms with van der Waals surface area (Å²) in [7, 11) is 0. The van der Waals surface area contributed by atoms with Crippen molar-refractivity contribution in [2.75, 3.05) is 17.0 Å². The maximum Gasteiger partial charge on any atom is 0.222 e. The number of nitrogens with two attached hydrogens (primary N) is 1. The van der Waals surface area contributed by atoms with Crippen LogP contribution in [0.4, 0.5) is 11.8 Å². The standard InChI is InChI=1S/C7H9N5S/c1-4-3-5(10-6(8)9-4)12-7(11-12)13-2/h3H,1-2H3,(H2,8,9,10). The van der Waals surface area contributed by atoms with E-state index in [0.29, 0.717) is 0 Å². The maximum absolute atomic E-state index is 5.51. The van der Waals surface area contributed by atoms with Crippen LogP contribution >= 0.6 is 11.8 Å². The highest BCUT2D eigenvalue weighted by atomic mass is 32.2. The number of amidine groups is 1. The number of anilines is 2. The molecule has 1 aromatic heterocycles. The van der Waals surface area contributed by atoms with Crippen molar-refractivity contribution in [2.45, 2.75) is 6.92 Å². The number of aromatic nitrogens is 2. The number of thioether (sulfide) groups is 1. The van der Waals surface area contributed by atoms with Gasteiger partial charge in [-0.25, -0.2) is 4.98 Å². The zero-order chi connectivity index (χ0) is 9.42. The van der Waals surface area contributed by atoms with Crippen molar-refractivity contribution < 1.29 is 0 Å². The lowest BCUT2D eigenvalue weighted by molar-refractivity contribution is 1.09. The molecular weight excluding hydrogens is 186 g/mol. The van der Waals surface area contributed by atoms with Gasteiger partial charge in [0.15, 0.2) is 5.82 Å². The second-order valence-corrected chi connectivity index (χ2v) is 3.40. The Morgan fingerprint density at radius 3 is 2.77 bits per heavy atom. The molecule has 5 nitrogen and oxygen atoms in total. The second kappa shape index (κ2) is 2.88. The minimum Gasteiger partial charge on any atom is -0.368 e. The lowest BCUT2D eigenvalue weighted by Gasteiger charge is -2.02.